The normalized spacial score (nSPS) is 12.5. The minimum absolute atomic E-state index is 0.345. The number of unbranched alkanes of at least 4 members (excludes halogenated alkanes) is 12. The van der Waals surface area contributed by atoms with Gasteiger partial charge in [-0.2, -0.15) is 0 Å². The van der Waals surface area contributed by atoms with E-state index in [0.717, 1.165) is 18.8 Å². The third-order valence-electron chi connectivity index (χ3n) is 4.78. The maximum absolute atomic E-state index is 10.4. The van der Waals surface area contributed by atoms with Gasteiger partial charge in [0.25, 0.3) is 0 Å². The van der Waals surface area contributed by atoms with Gasteiger partial charge in [0, 0.05) is 6.42 Å². The smallest absolute Gasteiger partial charge is 0.303 e. The molecule has 0 fully saturated rings. The Hall–Kier alpha value is -0.530. The molecule has 0 aromatic heterocycles. The average Bonchev–Trinajstić information content (AvgIpc) is 2.50. The van der Waals surface area contributed by atoms with E-state index in [4.69, 9.17) is 5.11 Å². The molecule has 0 aliphatic heterocycles. The van der Waals surface area contributed by atoms with Crippen molar-refractivity contribution in [2.45, 2.75) is 117 Å². The molecule has 0 heterocycles. The summed E-state index contributed by atoms with van der Waals surface area (Å²) in [4.78, 5) is 10.4. The maximum atomic E-state index is 10.4. The molecule has 0 amide bonds. The first-order chi connectivity index (χ1) is 10.7. The third kappa shape index (κ3) is 17.5. The molecule has 2 nitrogen and oxygen atoms in total. The van der Waals surface area contributed by atoms with Crippen LogP contribution in [0.2, 0.25) is 0 Å². The van der Waals surface area contributed by atoms with Crippen molar-refractivity contribution in [2.75, 3.05) is 0 Å². The first kappa shape index (κ1) is 21.5. The lowest BCUT2D eigenvalue weighted by Crippen LogP contribution is -1.93. The first-order valence-electron chi connectivity index (χ1n) is 9.88. The summed E-state index contributed by atoms with van der Waals surface area (Å²) < 4.78 is 0. The van der Waals surface area contributed by atoms with Crippen molar-refractivity contribution in [1.29, 1.82) is 0 Å². The molecule has 22 heavy (non-hydrogen) atoms. The van der Waals surface area contributed by atoms with E-state index in [1.54, 1.807) is 0 Å². The number of hydrogen-bond donors (Lipinski definition) is 1. The molecule has 1 atom stereocenters. The zero-order valence-electron chi connectivity index (χ0n) is 15.2. The predicted molar refractivity (Wildman–Crippen MR) is 96.3 cm³/mol. The fourth-order valence-corrected chi connectivity index (χ4v) is 2.92. The van der Waals surface area contributed by atoms with Crippen LogP contribution in [0, 0.1) is 5.92 Å². The van der Waals surface area contributed by atoms with Gasteiger partial charge < -0.3 is 5.11 Å². The summed E-state index contributed by atoms with van der Waals surface area (Å²) in [6.07, 6.45) is 20.2. The van der Waals surface area contributed by atoms with Crippen LogP contribution in [0.1, 0.15) is 117 Å². The Kier molecular flexibility index (Phi) is 16.4. The number of rotatable bonds is 17. The standard InChI is InChI=1S/C20H40O2/c1-3-19(2)17-15-13-11-9-7-5-4-6-8-10-12-14-16-18-20(21)22/h19H,3-18H2,1-2H3,(H,21,22). The minimum atomic E-state index is -0.653. The van der Waals surface area contributed by atoms with E-state index in [2.05, 4.69) is 13.8 Å². The summed E-state index contributed by atoms with van der Waals surface area (Å²) in [7, 11) is 0. The second-order valence-electron chi connectivity index (χ2n) is 7.04. The molecular weight excluding hydrogens is 272 g/mol. The molecule has 0 aliphatic carbocycles. The Balaban J connectivity index is 3.01. The van der Waals surface area contributed by atoms with Crippen LogP contribution in [0.3, 0.4) is 0 Å². The van der Waals surface area contributed by atoms with Crippen LogP contribution < -0.4 is 0 Å². The molecule has 0 bridgehead atoms. The van der Waals surface area contributed by atoms with Crippen LogP contribution in [-0.4, -0.2) is 11.1 Å². The number of carboxylic acid groups (broad SMARTS) is 1. The Morgan fingerprint density at radius 3 is 1.45 bits per heavy atom. The molecule has 1 unspecified atom stereocenters. The number of carbonyl (C=O) groups is 1. The molecular formula is C20H40O2. The van der Waals surface area contributed by atoms with Crippen molar-refractivity contribution in [2.24, 2.45) is 5.92 Å². The first-order valence-corrected chi connectivity index (χ1v) is 9.88. The van der Waals surface area contributed by atoms with Gasteiger partial charge in [0.05, 0.1) is 0 Å². The highest BCUT2D eigenvalue weighted by Gasteiger charge is 1.99. The second-order valence-corrected chi connectivity index (χ2v) is 7.04. The van der Waals surface area contributed by atoms with Gasteiger partial charge in [0.2, 0.25) is 0 Å². The second kappa shape index (κ2) is 16.8. The van der Waals surface area contributed by atoms with E-state index in [1.165, 1.54) is 83.5 Å². The molecule has 0 spiro atoms. The highest BCUT2D eigenvalue weighted by Crippen LogP contribution is 2.15. The number of carboxylic acids is 1. The Morgan fingerprint density at radius 2 is 1.09 bits per heavy atom. The molecule has 2 heteroatoms. The summed E-state index contributed by atoms with van der Waals surface area (Å²) in [6.45, 7) is 4.66. The summed E-state index contributed by atoms with van der Waals surface area (Å²) in [5, 5.41) is 8.54. The van der Waals surface area contributed by atoms with Crippen LogP contribution in [0.15, 0.2) is 0 Å². The van der Waals surface area contributed by atoms with Gasteiger partial charge in [-0.25, -0.2) is 0 Å². The van der Waals surface area contributed by atoms with Crippen molar-refractivity contribution in [3.05, 3.63) is 0 Å². The average molecular weight is 313 g/mol. The maximum Gasteiger partial charge on any atom is 0.303 e. The van der Waals surface area contributed by atoms with Crippen LogP contribution in [-0.2, 0) is 4.79 Å². The topological polar surface area (TPSA) is 37.3 Å². The molecule has 0 aliphatic rings. The Morgan fingerprint density at radius 1 is 0.727 bits per heavy atom. The molecule has 0 rings (SSSR count). The number of aliphatic carboxylic acids is 1. The van der Waals surface area contributed by atoms with E-state index in [0.29, 0.717) is 6.42 Å². The van der Waals surface area contributed by atoms with E-state index in [-0.39, 0.29) is 0 Å². The zero-order chi connectivity index (χ0) is 16.5. The highest BCUT2D eigenvalue weighted by atomic mass is 16.4. The lowest BCUT2D eigenvalue weighted by molar-refractivity contribution is -0.137. The van der Waals surface area contributed by atoms with E-state index < -0.39 is 5.97 Å². The SMILES string of the molecule is CCC(C)CCCCCCCCCCCCCCCC(=O)O. The van der Waals surface area contributed by atoms with Gasteiger partial charge in [-0.15, -0.1) is 0 Å². The zero-order valence-corrected chi connectivity index (χ0v) is 15.2. The predicted octanol–water partition coefficient (Wildman–Crippen LogP) is 6.97. The van der Waals surface area contributed by atoms with Gasteiger partial charge in [-0.05, 0) is 12.3 Å². The van der Waals surface area contributed by atoms with Crippen molar-refractivity contribution in [3.63, 3.8) is 0 Å². The molecule has 0 saturated heterocycles. The summed E-state index contributed by atoms with van der Waals surface area (Å²) in [5.41, 5.74) is 0. The molecule has 0 aromatic rings. The van der Waals surface area contributed by atoms with Crippen LogP contribution in [0.25, 0.3) is 0 Å². The van der Waals surface area contributed by atoms with Crippen LogP contribution in [0.4, 0.5) is 0 Å². The van der Waals surface area contributed by atoms with Gasteiger partial charge in [0.15, 0.2) is 0 Å². The van der Waals surface area contributed by atoms with Crippen LogP contribution in [0.5, 0.6) is 0 Å². The molecule has 0 saturated carbocycles. The lowest BCUT2D eigenvalue weighted by atomic mass is 9.99. The van der Waals surface area contributed by atoms with E-state index >= 15 is 0 Å². The molecule has 0 aromatic carbocycles. The van der Waals surface area contributed by atoms with Crippen molar-refractivity contribution >= 4 is 5.97 Å². The monoisotopic (exact) mass is 312 g/mol. The third-order valence-corrected chi connectivity index (χ3v) is 4.78. The molecule has 132 valence electrons. The molecule has 1 N–H and O–H groups in total. The van der Waals surface area contributed by atoms with Crippen molar-refractivity contribution in [3.8, 4) is 0 Å². The van der Waals surface area contributed by atoms with Gasteiger partial charge >= 0.3 is 5.97 Å². The highest BCUT2D eigenvalue weighted by molar-refractivity contribution is 5.66. The number of hydrogen-bond acceptors (Lipinski definition) is 1. The van der Waals surface area contributed by atoms with Crippen molar-refractivity contribution in [1.82, 2.24) is 0 Å². The summed E-state index contributed by atoms with van der Waals surface area (Å²) in [5.74, 6) is 0.268. The van der Waals surface area contributed by atoms with E-state index in [9.17, 15) is 4.79 Å². The fraction of sp³-hybridized carbons (Fsp3) is 0.950. The fourth-order valence-electron chi connectivity index (χ4n) is 2.92. The summed E-state index contributed by atoms with van der Waals surface area (Å²) in [6, 6.07) is 0. The van der Waals surface area contributed by atoms with Gasteiger partial charge in [-0.3, -0.25) is 4.79 Å². The Bertz CT molecular complexity index is 238. The van der Waals surface area contributed by atoms with Crippen LogP contribution >= 0.6 is 0 Å². The van der Waals surface area contributed by atoms with Gasteiger partial charge in [0.1, 0.15) is 0 Å². The molecule has 0 radical (unpaired) electrons. The lowest BCUT2D eigenvalue weighted by Gasteiger charge is -2.07. The van der Waals surface area contributed by atoms with Crippen molar-refractivity contribution < 1.29 is 9.90 Å². The van der Waals surface area contributed by atoms with E-state index in [1.807, 2.05) is 0 Å². The minimum Gasteiger partial charge on any atom is -0.481 e. The van der Waals surface area contributed by atoms with Gasteiger partial charge in [-0.1, -0.05) is 104 Å². The largest absolute Gasteiger partial charge is 0.481 e. The Labute approximate surface area is 139 Å². The summed E-state index contributed by atoms with van der Waals surface area (Å²) >= 11 is 0. The quantitative estimate of drug-likeness (QED) is 0.294.